The van der Waals surface area contributed by atoms with Crippen molar-refractivity contribution < 1.29 is 14.3 Å². The van der Waals surface area contributed by atoms with Gasteiger partial charge in [-0.1, -0.05) is 29.8 Å². The molecule has 0 saturated carbocycles. The van der Waals surface area contributed by atoms with Crippen molar-refractivity contribution in [2.45, 2.75) is 39.7 Å². The Morgan fingerprint density at radius 1 is 1.11 bits per heavy atom. The zero-order valence-electron chi connectivity index (χ0n) is 16.8. The fourth-order valence-electron chi connectivity index (χ4n) is 3.38. The van der Waals surface area contributed by atoms with Crippen molar-refractivity contribution in [1.82, 2.24) is 4.90 Å². The molecule has 2 aromatic rings. The number of anilines is 1. The van der Waals surface area contributed by atoms with Crippen LogP contribution in [0.25, 0.3) is 0 Å². The normalized spacial score (nSPS) is 16.0. The van der Waals surface area contributed by atoms with Crippen molar-refractivity contribution in [3.05, 3.63) is 64.7 Å². The number of hydrogen-bond donors (Lipinski definition) is 1. The largest absolute Gasteiger partial charge is 0.376 e. The quantitative estimate of drug-likeness (QED) is 0.828. The molecule has 148 valence electrons. The molecule has 1 aliphatic rings. The first-order chi connectivity index (χ1) is 13.4. The van der Waals surface area contributed by atoms with E-state index in [2.05, 4.69) is 5.32 Å². The van der Waals surface area contributed by atoms with Gasteiger partial charge in [0.05, 0.1) is 6.10 Å². The molecule has 28 heavy (non-hydrogen) atoms. The number of amides is 2. The number of carbonyl (C=O) groups excluding carboxylic acids is 2. The molecule has 1 atom stereocenters. The second-order valence-electron chi connectivity index (χ2n) is 7.48. The summed E-state index contributed by atoms with van der Waals surface area (Å²) in [6.07, 6.45) is 1.89. The molecule has 2 amide bonds. The van der Waals surface area contributed by atoms with Gasteiger partial charge >= 0.3 is 0 Å². The van der Waals surface area contributed by atoms with Gasteiger partial charge < -0.3 is 15.0 Å². The average Bonchev–Trinajstić information content (AvgIpc) is 3.18. The third-order valence-corrected chi connectivity index (χ3v) is 5.25. The van der Waals surface area contributed by atoms with E-state index in [1.807, 2.05) is 63.2 Å². The molecule has 1 saturated heterocycles. The highest BCUT2D eigenvalue weighted by Crippen LogP contribution is 2.19. The monoisotopic (exact) mass is 380 g/mol. The minimum absolute atomic E-state index is 0.0000479. The van der Waals surface area contributed by atoms with Crippen LogP contribution in [0.1, 0.15) is 39.9 Å². The highest BCUT2D eigenvalue weighted by molar-refractivity contribution is 5.99. The molecule has 0 spiro atoms. The topological polar surface area (TPSA) is 58.6 Å². The summed E-state index contributed by atoms with van der Waals surface area (Å²) >= 11 is 0. The van der Waals surface area contributed by atoms with Gasteiger partial charge in [-0.05, 0) is 62.9 Å². The van der Waals surface area contributed by atoms with Gasteiger partial charge in [0.2, 0.25) is 5.91 Å². The first-order valence-electron chi connectivity index (χ1n) is 9.77. The molecule has 3 rings (SSSR count). The smallest absolute Gasteiger partial charge is 0.254 e. The Morgan fingerprint density at radius 2 is 1.86 bits per heavy atom. The Kier molecular flexibility index (Phi) is 6.47. The van der Waals surface area contributed by atoms with E-state index in [1.54, 1.807) is 4.90 Å². The first kappa shape index (κ1) is 20.1. The molecular formula is C23H28N2O3. The third kappa shape index (κ3) is 4.98. The predicted octanol–water partition coefficient (Wildman–Crippen LogP) is 3.87. The van der Waals surface area contributed by atoms with Crippen LogP contribution < -0.4 is 5.32 Å². The minimum atomic E-state index is -0.202. The van der Waals surface area contributed by atoms with E-state index >= 15 is 0 Å². The maximum Gasteiger partial charge on any atom is 0.254 e. The van der Waals surface area contributed by atoms with Crippen LogP contribution in [0.15, 0.2) is 42.5 Å². The summed E-state index contributed by atoms with van der Waals surface area (Å²) in [6.45, 7) is 7.11. The Labute approximate surface area is 166 Å². The molecule has 1 N–H and O–H groups in total. The SMILES string of the molecule is Cc1ccc(C(=O)N(CC(=O)Nc2cccc(C)c2C)C[C@@H]2CCCO2)cc1. The fourth-order valence-corrected chi connectivity index (χ4v) is 3.38. The maximum atomic E-state index is 13.0. The van der Waals surface area contributed by atoms with Crippen LogP contribution in [0.2, 0.25) is 0 Å². The number of aryl methyl sites for hydroxylation is 2. The summed E-state index contributed by atoms with van der Waals surface area (Å²) in [7, 11) is 0. The Bertz CT molecular complexity index is 839. The molecule has 0 aromatic heterocycles. The van der Waals surface area contributed by atoms with E-state index in [4.69, 9.17) is 4.74 Å². The molecule has 0 radical (unpaired) electrons. The standard InChI is InChI=1S/C23H28N2O3/c1-16-9-11-19(12-10-16)23(27)25(14-20-7-5-13-28-20)15-22(26)24-21-8-4-6-17(2)18(21)3/h4,6,8-12,20H,5,7,13-15H2,1-3H3,(H,24,26)/t20-/m0/s1. The van der Waals surface area contributed by atoms with Crippen LogP contribution in [0, 0.1) is 20.8 Å². The van der Waals surface area contributed by atoms with E-state index < -0.39 is 0 Å². The summed E-state index contributed by atoms with van der Waals surface area (Å²) in [4.78, 5) is 27.3. The number of ether oxygens (including phenoxy) is 1. The summed E-state index contributed by atoms with van der Waals surface area (Å²) < 4.78 is 5.70. The average molecular weight is 380 g/mol. The lowest BCUT2D eigenvalue weighted by molar-refractivity contribution is -0.117. The number of benzene rings is 2. The molecule has 5 heteroatoms. The van der Waals surface area contributed by atoms with Gasteiger partial charge in [0, 0.05) is 24.4 Å². The molecule has 5 nitrogen and oxygen atoms in total. The Balaban J connectivity index is 1.74. The predicted molar refractivity (Wildman–Crippen MR) is 111 cm³/mol. The summed E-state index contributed by atoms with van der Waals surface area (Å²) in [5, 5.41) is 2.95. The minimum Gasteiger partial charge on any atom is -0.376 e. The van der Waals surface area contributed by atoms with Gasteiger partial charge in [-0.3, -0.25) is 9.59 Å². The van der Waals surface area contributed by atoms with Crippen LogP contribution in [-0.4, -0.2) is 42.5 Å². The van der Waals surface area contributed by atoms with Gasteiger partial charge in [0.1, 0.15) is 6.54 Å². The van der Waals surface area contributed by atoms with Gasteiger partial charge in [-0.15, -0.1) is 0 Å². The molecule has 1 aliphatic heterocycles. The van der Waals surface area contributed by atoms with Crippen LogP contribution in [0.3, 0.4) is 0 Å². The van der Waals surface area contributed by atoms with Crippen molar-refractivity contribution in [2.75, 3.05) is 25.0 Å². The van der Waals surface area contributed by atoms with Crippen molar-refractivity contribution in [2.24, 2.45) is 0 Å². The Morgan fingerprint density at radius 3 is 2.54 bits per heavy atom. The number of hydrogen-bond acceptors (Lipinski definition) is 3. The molecule has 0 bridgehead atoms. The van der Waals surface area contributed by atoms with Crippen molar-refractivity contribution >= 4 is 17.5 Å². The first-order valence-corrected chi connectivity index (χ1v) is 9.77. The lowest BCUT2D eigenvalue weighted by Crippen LogP contribution is -2.42. The van der Waals surface area contributed by atoms with E-state index in [0.717, 1.165) is 35.2 Å². The van der Waals surface area contributed by atoms with Crippen LogP contribution in [0.5, 0.6) is 0 Å². The van der Waals surface area contributed by atoms with Crippen molar-refractivity contribution in [3.63, 3.8) is 0 Å². The van der Waals surface area contributed by atoms with Gasteiger partial charge in [0.15, 0.2) is 0 Å². The molecule has 1 heterocycles. The van der Waals surface area contributed by atoms with Gasteiger partial charge in [0.25, 0.3) is 5.91 Å². The maximum absolute atomic E-state index is 13.0. The van der Waals surface area contributed by atoms with Gasteiger partial charge in [-0.25, -0.2) is 0 Å². The fraction of sp³-hybridized carbons (Fsp3) is 0.391. The van der Waals surface area contributed by atoms with Gasteiger partial charge in [-0.2, -0.15) is 0 Å². The molecule has 1 fully saturated rings. The summed E-state index contributed by atoms with van der Waals surface area (Å²) in [5.74, 6) is -0.348. The van der Waals surface area contributed by atoms with Crippen LogP contribution in [-0.2, 0) is 9.53 Å². The van der Waals surface area contributed by atoms with E-state index in [1.165, 1.54) is 0 Å². The summed E-state index contributed by atoms with van der Waals surface area (Å²) in [5.41, 5.74) is 4.61. The number of nitrogens with one attached hydrogen (secondary N) is 1. The highest BCUT2D eigenvalue weighted by Gasteiger charge is 2.25. The van der Waals surface area contributed by atoms with E-state index in [-0.39, 0.29) is 24.5 Å². The lowest BCUT2D eigenvalue weighted by Gasteiger charge is -2.25. The number of carbonyl (C=O) groups is 2. The van der Waals surface area contributed by atoms with Crippen LogP contribution >= 0.6 is 0 Å². The van der Waals surface area contributed by atoms with E-state index in [0.29, 0.717) is 18.7 Å². The molecule has 0 unspecified atom stereocenters. The highest BCUT2D eigenvalue weighted by atomic mass is 16.5. The zero-order valence-corrected chi connectivity index (χ0v) is 16.8. The van der Waals surface area contributed by atoms with Crippen molar-refractivity contribution in [1.29, 1.82) is 0 Å². The zero-order chi connectivity index (χ0) is 20.1. The Hall–Kier alpha value is -2.66. The summed E-state index contributed by atoms with van der Waals surface area (Å²) in [6, 6.07) is 13.2. The third-order valence-electron chi connectivity index (χ3n) is 5.25. The second-order valence-corrected chi connectivity index (χ2v) is 7.48. The second kappa shape index (κ2) is 9.02. The number of rotatable bonds is 6. The lowest BCUT2D eigenvalue weighted by atomic mass is 10.1. The molecule has 2 aromatic carbocycles. The molecular weight excluding hydrogens is 352 g/mol. The van der Waals surface area contributed by atoms with E-state index in [9.17, 15) is 9.59 Å². The van der Waals surface area contributed by atoms with Crippen molar-refractivity contribution in [3.8, 4) is 0 Å². The number of nitrogens with zero attached hydrogens (tertiary/aromatic N) is 1. The molecule has 0 aliphatic carbocycles. The van der Waals surface area contributed by atoms with Crippen LogP contribution in [0.4, 0.5) is 5.69 Å².